The lowest BCUT2D eigenvalue weighted by Gasteiger charge is -2.29. The van der Waals surface area contributed by atoms with E-state index in [0.717, 1.165) is 30.9 Å². The number of piperidine rings is 1. The number of amides is 1. The van der Waals surface area contributed by atoms with Gasteiger partial charge in [0.1, 0.15) is 0 Å². The van der Waals surface area contributed by atoms with E-state index in [1.807, 2.05) is 13.0 Å². The first-order valence-electron chi connectivity index (χ1n) is 7.45. The van der Waals surface area contributed by atoms with Gasteiger partial charge in [0.2, 0.25) is 0 Å². The summed E-state index contributed by atoms with van der Waals surface area (Å²) in [4.78, 5) is 14.6. The van der Waals surface area contributed by atoms with Crippen molar-refractivity contribution in [2.45, 2.75) is 39.2 Å². The zero-order valence-corrected chi connectivity index (χ0v) is 12.5. The van der Waals surface area contributed by atoms with Crippen molar-refractivity contribution in [2.24, 2.45) is 0 Å². The van der Waals surface area contributed by atoms with Crippen LogP contribution in [0.15, 0.2) is 18.2 Å². The molecule has 20 heavy (non-hydrogen) atoms. The van der Waals surface area contributed by atoms with Crippen LogP contribution >= 0.6 is 0 Å². The van der Waals surface area contributed by atoms with Gasteiger partial charge in [-0.2, -0.15) is 0 Å². The Hall–Kier alpha value is -1.55. The number of likely N-dealkylation sites (tertiary alicyclic amines) is 1. The number of nitrogens with zero attached hydrogens (tertiary/aromatic N) is 1. The predicted molar refractivity (Wildman–Crippen MR) is 82.8 cm³/mol. The highest BCUT2D eigenvalue weighted by Gasteiger charge is 2.15. The fraction of sp³-hybridized carbons (Fsp3) is 0.562. The normalized spacial score (nSPS) is 17.7. The Morgan fingerprint density at radius 2 is 2.05 bits per heavy atom. The molecule has 0 saturated carbocycles. The molecular formula is C16H25N3O. The van der Waals surface area contributed by atoms with Crippen LogP contribution in [0, 0.1) is 6.92 Å². The topological polar surface area (TPSA) is 58.4 Å². The van der Waals surface area contributed by atoms with E-state index in [0.29, 0.717) is 5.56 Å². The summed E-state index contributed by atoms with van der Waals surface area (Å²) in [5, 5.41) is 3.07. The third-order valence-electron chi connectivity index (χ3n) is 3.89. The Morgan fingerprint density at radius 3 is 2.70 bits per heavy atom. The van der Waals surface area contributed by atoms with E-state index in [1.165, 1.54) is 19.3 Å². The summed E-state index contributed by atoms with van der Waals surface area (Å²) in [6, 6.07) is 5.58. The van der Waals surface area contributed by atoms with E-state index in [2.05, 4.69) is 17.1 Å². The van der Waals surface area contributed by atoms with Crippen LogP contribution in [0.25, 0.3) is 0 Å². The molecule has 1 atom stereocenters. The van der Waals surface area contributed by atoms with Crippen LogP contribution in [0.1, 0.15) is 42.1 Å². The number of hydrogen-bond acceptors (Lipinski definition) is 3. The summed E-state index contributed by atoms with van der Waals surface area (Å²) in [7, 11) is 0. The molecule has 0 bridgehead atoms. The fourth-order valence-electron chi connectivity index (χ4n) is 2.70. The lowest BCUT2D eigenvalue weighted by molar-refractivity contribution is 0.0925. The second-order valence-electron chi connectivity index (χ2n) is 5.81. The minimum atomic E-state index is -0.0161. The SMILES string of the molecule is Cc1cc(C(=O)NC(C)CN2CCCCC2)ccc1N. The highest BCUT2D eigenvalue weighted by atomic mass is 16.1. The molecule has 0 spiro atoms. The predicted octanol–water partition coefficient (Wildman–Crippen LogP) is 2.18. The van der Waals surface area contributed by atoms with Crippen molar-refractivity contribution in [1.29, 1.82) is 0 Å². The monoisotopic (exact) mass is 275 g/mol. The average Bonchev–Trinajstić information content (AvgIpc) is 2.42. The van der Waals surface area contributed by atoms with E-state index in [-0.39, 0.29) is 11.9 Å². The standard InChI is InChI=1S/C16H25N3O/c1-12-10-14(6-7-15(12)17)16(20)18-13(2)11-19-8-4-3-5-9-19/h6-7,10,13H,3-5,8-9,11,17H2,1-2H3,(H,18,20). The van der Waals surface area contributed by atoms with Gasteiger partial charge in [-0.1, -0.05) is 6.42 Å². The van der Waals surface area contributed by atoms with Gasteiger partial charge in [0.05, 0.1) is 0 Å². The van der Waals surface area contributed by atoms with Gasteiger partial charge in [-0.25, -0.2) is 0 Å². The maximum Gasteiger partial charge on any atom is 0.251 e. The van der Waals surface area contributed by atoms with E-state index >= 15 is 0 Å². The molecule has 3 N–H and O–H groups in total. The number of nitrogens with one attached hydrogen (secondary N) is 1. The summed E-state index contributed by atoms with van der Waals surface area (Å²) in [6.07, 6.45) is 3.89. The Balaban J connectivity index is 1.87. The number of anilines is 1. The van der Waals surface area contributed by atoms with E-state index in [4.69, 9.17) is 5.73 Å². The molecule has 2 rings (SSSR count). The van der Waals surface area contributed by atoms with Gasteiger partial charge in [0.15, 0.2) is 0 Å². The van der Waals surface area contributed by atoms with E-state index in [9.17, 15) is 4.79 Å². The zero-order chi connectivity index (χ0) is 14.5. The van der Waals surface area contributed by atoms with Gasteiger partial charge >= 0.3 is 0 Å². The zero-order valence-electron chi connectivity index (χ0n) is 12.5. The van der Waals surface area contributed by atoms with E-state index in [1.54, 1.807) is 12.1 Å². The van der Waals surface area contributed by atoms with Crippen molar-refractivity contribution >= 4 is 11.6 Å². The third kappa shape index (κ3) is 3.97. The van der Waals surface area contributed by atoms with Gasteiger partial charge in [-0.3, -0.25) is 4.79 Å². The van der Waals surface area contributed by atoms with Crippen LogP contribution in [-0.2, 0) is 0 Å². The largest absolute Gasteiger partial charge is 0.399 e. The minimum absolute atomic E-state index is 0.0161. The molecule has 0 aromatic heterocycles. The molecule has 0 aliphatic carbocycles. The first-order chi connectivity index (χ1) is 9.56. The Labute approximate surface area is 121 Å². The van der Waals surface area contributed by atoms with Crippen LogP contribution in [0.4, 0.5) is 5.69 Å². The number of hydrogen-bond donors (Lipinski definition) is 2. The third-order valence-corrected chi connectivity index (χ3v) is 3.89. The molecule has 1 aliphatic heterocycles. The lowest BCUT2D eigenvalue weighted by Crippen LogP contribution is -2.43. The molecule has 1 unspecified atom stereocenters. The van der Waals surface area contributed by atoms with Crippen LogP contribution < -0.4 is 11.1 Å². The molecular weight excluding hydrogens is 250 g/mol. The summed E-state index contributed by atoms with van der Waals surface area (Å²) in [6.45, 7) is 7.22. The maximum absolute atomic E-state index is 12.2. The maximum atomic E-state index is 12.2. The van der Waals surface area contributed by atoms with Crippen molar-refractivity contribution in [3.05, 3.63) is 29.3 Å². The Bertz CT molecular complexity index is 467. The fourth-order valence-corrected chi connectivity index (χ4v) is 2.70. The molecule has 4 heteroatoms. The van der Waals surface area contributed by atoms with Crippen LogP contribution in [0.2, 0.25) is 0 Å². The van der Waals surface area contributed by atoms with Crippen molar-refractivity contribution in [3.63, 3.8) is 0 Å². The van der Waals surface area contributed by atoms with Crippen molar-refractivity contribution in [2.75, 3.05) is 25.4 Å². The molecule has 1 aliphatic rings. The van der Waals surface area contributed by atoms with E-state index < -0.39 is 0 Å². The summed E-state index contributed by atoms with van der Waals surface area (Å²) in [5.74, 6) is -0.0161. The van der Waals surface area contributed by atoms with Gasteiger partial charge in [-0.05, 0) is 63.5 Å². The summed E-state index contributed by atoms with van der Waals surface area (Å²) < 4.78 is 0. The highest BCUT2D eigenvalue weighted by Crippen LogP contribution is 2.13. The number of carbonyl (C=O) groups is 1. The molecule has 4 nitrogen and oxygen atoms in total. The molecule has 1 saturated heterocycles. The van der Waals surface area contributed by atoms with Crippen molar-refractivity contribution in [1.82, 2.24) is 10.2 Å². The second kappa shape index (κ2) is 6.75. The first kappa shape index (κ1) is 14.9. The van der Waals surface area contributed by atoms with Gasteiger partial charge in [-0.15, -0.1) is 0 Å². The van der Waals surface area contributed by atoms with Gasteiger partial charge in [0, 0.05) is 23.8 Å². The first-order valence-corrected chi connectivity index (χ1v) is 7.45. The summed E-state index contributed by atoms with van der Waals surface area (Å²) in [5.41, 5.74) is 8.13. The van der Waals surface area contributed by atoms with Crippen LogP contribution in [0.5, 0.6) is 0 Å². The lowest BCUT2D eigenvalue weighted by atomic mass is 10.1. The molecule has 110 valence electrons. The summed E-state index contributed by atoms with van der Waals surface area (Å²) >= 11 is 0. The quantitative estimate of drug-likeness (QED) is 0.828. The number of nitrogens with two attached hydrogens (primary N) is 1. The Kier molecular flexibility index (Phi) is 5.01. The van der Waals surface area contributed by atoms with Crippen molar-refractivity contribution < 1.29 is 4.79 Å². The average molecular weight is 275 g/mol. The molecule has 1 fully saturated rings. The molecule has 0 radical (unpaired) electrons. The van der Waals surface area contributed by atoms with Gasteiger partial charge in [0.25, 0.3) is 5.91 Å². The number of rotatable bonds is 4. The number of benzene rings is 1. The van der Waals surface area contributed by atoms with Crippen molar-refractivity contribution in [3.8, 4) is 0 Å². The molecule has 1 amide bonds. The smallest absolute Gasteiger partial charge is 0.251 e. The number of nitrogen functional groups attached to an aromatic ring is 1. The molecule has 1 aromatic carbocycles. The number of aryl methyl sites for hydroxylation is 1. The number of carbonyl (C=O) groups excluding carboxylic acids is 1. The highest BCUT2D eigenvalue weighted by molar-refractivity contribution is 5.95. The van der Waals surface area contributed by atoms with Gasteiger partial charge < -0.3 is 16.0 Å². The van der Waals surface area contributed by atoms with Crippen LogP contribution in [0.3, 0.4) is 0 Å². The molecule has 1 heterocycles. The minimum Gasteiger partial charge on any atom is -0.399 e. The Morgan fingerprint density at radius 1 is 1.35 bits per heavy atom. The van der Waals surface area contributed by atoms with Crippen LogP contribution in [-0.4, -0.2) is 36.5 Å². The molecule has 1 aromatic rings. The second-order valence-corrected chi connectivity index (χ2v) is 5.81.